The molecule has 0 radical (unpaired) electrons. The summed E-state index contributed by atoms with van der Waals surface area (Å²) in [6.45, 7) is 3.22. The molecule has 1 aromatic rings. The van der Waals surface area contributed by atoms with Crippen LogP contribution in [0.2, 0.25) is 0 Å². The van der Waals surface area contributed by atoms with E-state index in [4.69, 9.17) is 9.78 Å². The Bertz CT molecular complexity index is 438. The van der Waals surface area contributed by atoms with Gasteiger partial charge in [-0.2, -0.15) is 10.2 Å². The Morgan fingerprint density at radius 1 is 1.42 bits per heavy atom. The Labute approximate surface area is 114 Å². The van der Waals surface area contributed by atoms with Crippen molar-refractivity contribution in [2.45, 2.75) is 31.7 Å². The number of nitriles is 1. The van der Waals surface area contributed by atoms with Gasteiger partial charge in [-0.3, -0.25) is 0 Å². The summed E-state index contributed by atoms with van der Waals surface area (Å²) in [5.74, 6) is 1.43. The van der Waals surface area contributed by atoms with Gasteiger partial charge >= 0.3 is 0 Å². The second kappa shape index (κ2) is 6.64. The van der Waals surface area contributed by atoms with Crippen molar-refractivity contribution in [3.05, 3.63) is 11.7 Å². The van der Waals surface area contributed by atoms with Gasteiger partial charge in [0.1, 0.15) is 0 Å². The van der Waals surface area contributed by atoms with Gasteiger partial charge in [-0.05, 0) is 20.5 Å². The molecule has 0 spiro atoms. The number of unbranched alkanes of at least 4 members (excludes halogenated alkanes) is 1. The predicted octanol–water partition coefficient (Wildman–Crippen LogP) is 0.704. The standard InChI is InChI=1S/C13H21N5O/c1-17-7-8-18(2)11(10-17)9-12-15-13(19-16-12)5-3-4-6-14/h11H,3-5,7-10H2,1-2H3. The Morgan fingerprint density at radius 3 is 3.05 bits per heavy atom. The lowest BCUT2D eigenvalue weighted by molar-refractivity contribution is 0.113. The molecular formula is C13H21N5O. The SMILES string of the molecule is CN1CCN(C)C(Cc2noc(CCCC#N)n2)C1. The van der Waals surface area contributed by atoms with Crippen LogP contribution in [0.15, 0.2) is 4.52 Å². The first kappa shape index (κ1) is 14.0. The predicted molar refractivity (Wildman–Crippen MR) is 70.5 cm³/mol. The largest absolute Gasteiger partial charge is 0.339 e. The number of hydrogen-bond donors (Lipinski definition) is 0. The maximum Gasteiger partial charge on any atom is 0.226 e. The van der Waals surface area contributed by atoms with Crippen molar-refractivity contribution in [2.75, 3.05) is 33.7 Å². The second-order valence-electron chi connectivity index (χ2n) is 5.22. The molecule has 1 unspecified atom stereocenters. The van der Waals surface area contributed by atoms with Crippen molar-refractivity contribution in [3.63, 3.8) is 0 Å². The fourth-order valence-corrected chi connectivity index (χ4v) is 2.33. The maximum absolute atomic E-state index is 8.49. The average molecular weight is 263 g/mol. The molecule has 0 saturated carbocycles. The quantitative estimate of drug-likeness (QED) is 0.729. The molecule has 0 bridgehead atoms. The molecule has 2 rings (SSSR count). The molecule has 1 aliphatic rings. The van der Waals surface area contributed by atoms with Crippen LogP contribution in [0.5, 0.6) is 0 Å². The van der Waals surface area contributed by atoms with E-state index in [1.54, 1.807) is 0 Å². The molecule has 6 nitrogen and oxygen atoms in total. The Hall–Kier alpha value is -1.45. The van der Waals surface area contributed by atoms with Gasteiger partial charge in [-0.15, -0.1) is 0 Å². The fourth-order valence-electron chi connectivity index (χ4n) is 2.33. The lowest BCUT2D eigenvalue weighted by Gasteiger charge is -2.37. The first-order valence-corrected chi connectivity index (χ1v) is 6.76. The van der Waals surface area contributed by atoms with Crippen LogP contribution in [-0.2, 0) is 12.8 Å². The summed E-state index contributed by atoms with van der Waals surface area (Å²) in [7, 11) is 4.29. The van der Waals surface area contributed by atoms with Crippen molar-refractivity contribution >= 4 is 0 Å². The van der Waals surface area contributed by atoms with Gasteiger partial charge in [-0.25, -0.2) is 0 Å². The van der Waals surface area contributed by atoms with Crippen LogP contribution >= 0.6 is 0 Å². The van der Waals surface area contributed by atoms with E-state index in [0.29, 0.717) is 24.8 Å². The normalized spacial score (nSPS) is 21.4. The Kier molecular flexibility index (Phi) is 4.88. The topological polar surface area (TPSA) is 69.2 Å². The fraction of sp³-hybridized carbons (Fsp3) is 0.769. The van der Waals surface area contributed by atoms with Crippen LogP contribution < -0.4 is 0 Å². The zero-order valence-electron chi connectivity index (χ0n) is 11.7. The van der Waals surface area contributed by atoms with E-state index < -0.39 is 0 Å². The van der Waals surface area contributed by atoms with E-state index in [2.05, 4.69) is 40.1 Å². The van der Waals surface area contributed by atoms with Gasteiger partial charge in [0, 0.05) is 44.9 Å². The number of hydrogen-bond acceptors (Lipinski definition) is 6. The minimum atomic E-state index is 0.448. The van der Waals surface area contributed by atoms with Crippen LogP contribution in [0.3, 0.4) is 0 Å². The zero-order valence-corrected chi connectivity index (χ0v) is 11.7. The number of likely N-dealkylation sites (N-methyl/N-ethyl adjacent to an activating group) is 2. The molecular weight excluding hydrogens is 242 g/mol. The third kappa shape index (κ3) is 4.01. The van der Waals surface area contributed by atoms with Crippen molar-refractivity contribution in [1.29, 1.82) is 5.26 Å². The lowest BCUT2D eigenvalue weighted by atomic mass is 10.1. The Morgan fingerprint density at radius 2 is 2.26 bits per heavy atom. The van der Waals surface area contributed by atoms with E-state index in [1.807, 2.05) is 0 Å². The maximum atomic E-state index is 8.49. The molecule has 2 heterocycles. The monoisotopic (exact) mass is 263 g/mol. The molecule has 0 amide bonds. The van der Waals surface area contributed by atoms with E-state index in [1.165, 1.54) is 0 Å². The van der Waals surface area contributed by atoms with Gasteiger partial charge in [0.2, 0.25) is 5.89 Å². The number of nitrogens with zero attached hydrogens (tertiary/aromatic N) is 5. The number of aryl methyl sites for hydroxylation is 1. The molecule has 1 aliphatic heterocycles. The summed E-state index contributed by atoms with van der Waals surface area (Å²) < 4.78 is 5.21. The first-order chi connectivity index (χ1) is 9.19. The lowest BCUT2D eigenvalue weighted by Crippen LogP contribution is -2.50. The molecule has 19 heavy (non-hydrogen) atoms. The number of aromatic nitrogens is 2. The van der Waals surface area contributed by atoms with Crippen LogP contribution in [0.4, 0.5) is 0 Å². The molecule has 1 aromatic heterocycles. The molecule has 1 fully saturated rings. The van der Waals surface area contributed by atoms with Crippen LogP contribution in [0.25, 0.3) is 0 Å². The Balaban J connectivity index is 1.86. The highest BCUT2D eigenvalue weighted by molar-refractivity contribution is 4.93. The molecule has 104 valence electrons. The van der Waals surface area contributed by atoms with Crippen molar-refractivity contribution in [2.24, 2.45) is 0 Å². The van der Waals surface area contributed by atoms with E-state index in [0.717, 1.165) is 38.3 Å². The summed E-state index contributed by atoms with van der Waals surface area (Å²) in [6, 6.07) is 2.57. The van der Waals surface area contributed by atoms with Crippen LogP contribution in [0, 0.1) is 11.3 Å². The second-order valence-corrected chi connectivity index (χ2v) is 5.22. The van der Waals surface area contributed by atoms with Crippen molar-refractivity contribution in [1.82, 2.24) is 19.9 Å². The molecule has 0 aromatic carbocycles. The van der Waals surface area contributed by atoms with Gasteiger partial charge in [0.05, 0.1) is 6.07 Å². The van der Waals surface area contributed by atoms with Crippen LogP contribution in [0.1, 0.15) is 24.6 Å². The summed E-state index contributed by atoms with van der Waals surface area (Å²) in [5, 5.41) is 12.5. The number of rotatable bonds is 5. The summed E-state index contributed by atoms with van der Waals surface area (Å²) in [6.07, 6.45) is 2.83. The van der Waals surface area contributed by atoms with Gasteiger partial charge in [0.15, 0.2) is 5.82 Å². The molecule has 0 aliphatic carbocycles. The summed E-state index contributed by atoms with van der Waals surface area (Å²) >= 11 is 0. The number of piperazine rings is 1. The minimum Gasteiger partial charge on any atom is -0.339 e. The van der Waals surface area contributed by atoms with Gasteiger partial charge in [0.25, 0.3) is 0 Å². The van der Waals surface area contributed by atoms with E-state index in [-0.39, 0.29) is 0 Å². The van der Waals surface area contributed by atoms with Crippen molar-refractivity contribution < 1.29 is 4.52 Å². The van der Waals surface area contributed by atoms with Gasteiger partial charge in [-0.1, -0.05) is 5.16 Å². The van der Waals surface area contributed by atoms with E-state index >= 15 is 0 Å². The van der Waals surface area contributed by atoms with Crippen LogP contribution in [-0.4, -0.2) is 59.7 Å². The highest BCUT2D eigenvalue weighted by Gasteiger charge is 2.24. The summed E-state index contributed by atoms with van der Waals surface area (Å²) in [5.41, 5.74) is 0. The van der Waals surface area contributed by atoms with E-state index in [9.17, 15) is 0 Å². The zero-order chi connectivity index (χ0) is 13.7. The highest BCUT2D eigenvalue weighted by atomic mass is 16.5. The van der Waals surface area contributed by atoms with Gasteiger partial charge < -0.3 is 14.3 Å². The first-order valence-electron chi connectivity index (χ1n) is 6.76. The third-order valence-electron chi connectivity index (χ3n) is 3.59. The minimum absolute atomic E-state index is 0.448. The third-order valence-corrected chi connectivity index (χ3v) is 3.59. The molecule has 0 N–H and O–H groups in total. The molecule has 6 heteroatoms. The van der Waals surface area contributed by atoms with Crippen molar-refractivity contribution in [3.8, 4) is 6.07 Å². The smallest absolute Gasteiger partial charge is 0.226 e. The highest BCUT2D eigenvalue weighted by Crippen LogP contribution is 2.11. The average Bonchev–Trinajstić information content (AvgIpc) is 2.82. The molecule has 1 saturated heterocycles. The molecule has 1 atom stereocenters. The summed E-state index contributed by atoms with van der Waals surface area (Å²) in [4.78, 5) is 9.09.